The van der Waals surface area contributed by atoms with Crippen molar-refractivity contribution in [2.24, 2.45) is 0 Å². The summed E-state index contributed by atoms with van der Waals surface area (Å²) in [6, 6.07) is 1.92. The maximum absolute atomic E-state index is 10.6. The van der Waals surface area contributed by atoms with Crippen LogP contribution in [-0.2, 0) is 18.6 Å². The van der Waals surface area contributed by atoms with Gasteiger partial charge in [-0.1, -0.05) is 0 Å². The first-order valence-electron chi connectivity index (χ1n) is 7.88. The molecule has 1 saturated heterocycles. The third kappa shape index (κ3) is 4.30. The van der Waals surface area contributed by atoms with Crippen LogP contribution >= 0.6 is 8.60 Å². The molecule has 2 N–H and O–H groups in total. The molecule has 1 aliphatic rings. The number of nitrogens with zero attached hydrogens (tertiary/aromatic N) is 5. The van der Waals surface area contributed by atoms with Crippen LogP contribution in [0.1, 0.15) is 25.5 Å². The Balaban J connectivity index is 1.57. The number of amides is 1. The second-order valence-electron chi connectivity index (χ2n) is 5.37. The number of fused-ring (bicyclic) bond motifs is 1. The Morgan fingerprint density at radius 3 is 3.15 bits per heavy atom. The van der Waals surface area contributed by atoms with Crippen LogP contribution in [0.2, 0.25) is 0 Å². The summed E-state index contributed by atoms with van der Waals surface area (Å²) >= 11 is 0. The lowest BCUT2D eigenvalue weighted by Crippen LogP contribution is -2.16. The summed E-state index contributed by atoms with van der Waals surface area (Å²) in [5, 5.41) is 10.9. The lowest BCUT2D eigenvalue weighted by Gasteiger charge is -2.16. The van der Waals surface area contributed by atoms with Crippen LogP contribution in [0.4, 0.5) is 5.82 Å². The molecule has 11 nitrogen and oxygen atoms in total. The van der Waals surface area contributed by atoms with Crippen molar-refractivity contribution in [3.05, 3.63) is 12.7 Å². The molecular weight excluding hydrogens is 363 g/mol. The monoisotopic (exact) mass is 380 g/mol. The molecule has 2 aromatic rings. The van der Waals surface area contributed by atoms with Gasteiger partial charge in [0.2, 0.25) is 6.41 Å². The number of imidazole rings is 1. The van der Waals surface area contributed by atoms with Crippen LogP contribution in [0.25, 0.3) is 11.2 Å². The van der Waals surface area contributed by atoms with Crippen LogP contribution in [0.15, 0.2) is 12.7 Å². The normalized spacial score (nSPS) is 20.8. The molecule has 0 spiro atoms. The molecule has 0 bridgehead atoms. The van der Waals surface area contributed by atoms with Crippen molar-refractivity contribution in [2.75, 3.05) is 18.5 Å². The average molecular weight is 380 g/mol. The first-order chi connectivity index (χ1) is 12.7. The van der Waals surface area contributed by atoms with E-state index in [1.54, 1.807) is 10.9 Å². The highest BCUT2D eigenvalue weighted by molar-refractivity contribution is 7.40. The SMILES string of the molecule is N#CCCOP(O)OCC1CCC(n2cnc3c(NC=O)ncnc32)O1. The highest BCUT2D eigenvalue weighted by atomic mass is 31.2. The molecule has 0 saturated carbocycles. The molecule has 1 aliphatic heterocycles. The van der Waals surface area contributed by atoms with Gasteiger partial charge >= 0.3 is 8.60 Å². The highest BCUT2D eigenvalue weighted by Gasteiger charge is 2.29. The quantitative estimate of drug-likeness (QED) is 0.373. The van der Waals surface area contributed by atoms with Gasteiger partial charge in [-0.25, -0.2) is 15.0 Å². The predicted octanol–water partition coefficient (Wildman–Crippen LogP) is 1.24. The molecule has 0 aromatic carbocycles. The second kappa shape index (κ2) is 8.93. The van der Waals surface area contributed by atoms with E-state index in [0.717, 1.165) is 12.8 Å². The van der Waals surface area contributed by atoms with E-state index >= 15 is 0 Å². The Hall–Kier alpha value is -2.22. The summed E-state index contributed by atoms with van der Waals surface area (Å²) in [6.07, 6.45) is 4.63. The molecule has 1 amide bonds. The van der Waals surface area contributed by atoms with Crippen LogP contribution < -0.4 is 5.32 Å². The lowest BCUT2D eigenvalue weighted by molar-refractivity contribution is -0.105. The zero-order valence-electron chi connectivity index (χ0n) is 13.7. The highest BCUT2D eigenvalue weighted by Crippen LogP contribution is 2.36. The average Bonchev–Trinajstić information content (AvgIpc) is 3.27. The number of rotatable bonds is 9. The fraction of sp³-hybridized carbons (Fsp3) is 0.500. The van der Waals surface area contributed by atoms with Gasteiger partial charge in [0, 0.05) is 0 Å². The van der Waals surface area contributed by atoms with Gasteiger partial charge in [0.1, 0.15) is 12.6 Å². The third-order valence-corrected chi connectivity index (χ3v) is 4.51. The van der Waals surface area contributed by atoms with E-state index in [-0.39, 0.29) is 32.0 Å². The van der Waals surface area contributed by atoms with Gasteiger partial charge < -0.3 is 24.0 Å². The van der Waals surface area contributed by atoms with Gasteiger partial charge in [0.25, 0.3) is 0 Å². The van der Waals surface area contributed by atoms with E-state index in [0.29, 0.717) is 23.4 Å². The van der Waals surface area contributed by atoms with Crippen LogP contribution in [0.3, 0.4) is 0 Å². The summed E-state index contributed by atoms with van der Waals surface area (Å²) in [5.41, 5.74) is 1.04. The van der Waals surface area contributed by atoms with E-state index in [1.807, 2.05) is 6.07 Å². The lowest BCUT2D eigenvalue weighted by atomic mass is 10.2. The number of aromatic nitrogens is 4. The predicted molar refractivity (Wildman–Crippen MR) is 89.4 cm³/mol. The first-order valence-corrected chi connectivity index (χ1v) is 9.01. The minimum absolute atomic E-state index is 0.130. The Bertz CT molecular complexity index is 796. The molecule has 3 unspecified atom stereocenters. The molecule has 12 heteroatoms. The Morgan fingerprint density at radius 2 is 2.35 bits per heavy atom. The van der Waals surface area contributed by atoms with Gasteiger partial charge in [0.15, 0.2) is 17.0 Å². The fourth-order valence-corrected chi connectivity index (χ4v) is 3.21. The first kappa shape index (κ1) is 18.6. The van der Waals surface area contributed by atoms with Gasteiger partial charge in [-0.05, 0) is 12.8 Å². The summed E-state index contributed by atoms with van der Waals surface area (Å²) in [6.45, 7) is 0.315. The maximum Gasteiger partial charge on any atom is 0.329 e. The number of carbonyl (C=O) groups is 1. The van der Waals surface area contributed by atoms with Crippen molar-refractivity contribution < 1.29 is 23.5 Å². The minimum Gasteiger partial charge on any atom is -0.352 e. The smallest absolute Gasteiger partial charge is 0.329 e. The molecule has 3 rings (SSSR count). The number of nitrogens with one attached hydrogen (secondary N) is 1. The number of hydrogen-bond acceptors (Lipinski definition) is 9. The summed E-state index contributed by atoms with van der Waals surface area (Å²) in [5.74, 6) is 0.335. The van der Waals surface area contributed by atoms with Crippen molar-refractivity contribution in [1.29, 1.82) is 5.26 Å². The molecule has 0 radical (unpaired) electrons. The zero-order chi connectivity index (χ0) is 18.4. The number of anilines is 1. The number of nitriles is 1. The second-order valence-corrected chi connectivity index (χ2v) is 6.37. The summed E-state index contributed by atoms with van der Waals surface area (Å²) < 4.78 is 17.9. The molecule has 3 atom stereocenters. The molecule has 1 fully saturated rings. The number of hydrogen-bond donors (Lipinski definition) is 2. The fourth-order valence-electron chi connectivity index (χ4n) is 2.59. The Kier molecular flexibility index (Phi) is 6.38. The standard InChI is InChI=1S/C14H17N6O5P/c15-4-1-5-23-26(22)24-6-10-2-3-11(25-10)20-8-18-12-13(19-9-21)16-7-17-14(12)20/h7-11,22H,1-3,5-6H2,(H,16,17,19,21). The molecular formula is C14H17N6O5P. The van der Waals surface area contributed by atoms with Crippen LogP contribution in [0.5, 0.6) is 0 Å². The van der Waals surface area contributed by atoms with Crippen molar-refractivity contribution in [2.45, 2.75) is 31.6 Å². The van der Waals surface area contributed by atoms with E-state index < -0.39 is 8.60 Å². The summed E-state index contributed by atoms with van der Waals surface area (Å²) in [7, 11) is -2.02. The van der Waals surface area contributed by atoms with Gasteiger partial charge in [-0.15, -0.1) is 0 Å². The zero-order valence-corrected chi connectivity index (χ0v) is 14.6. The Morgan fingerprint density at radius 1 is 1.46 bits per heavy atom. The van der Waals surface area contributed by atoms with Gasteiger partial charge in [0.05, 0.1) is 38.1 Å². The van der Waals surface area contributed by atoms with E-state index in [1.165, 1.54) is 6.33 Å². The molecule has 138 valence electrons. The van der Waals surface area contributed by atoms with Crippen molar-refractivity contribution in [1.82, 2.24) is 19.5 Å². The minimum atomic E-state index is -2.02. The largest absolute Gasteiger partial charge is 0.352 e. The van der Waals surface area contributed by atoms with E-state index in [4.69, 9.17) is 19.0 Å². The molecule has 2 aromatic heterocycles. The van der Waals surface area contributed by atoms with Crippen molar-refractivity contribution in [3.8, 4) is 6.07 Å². The Labute approximate surface area is 149 Å². The maximum atomic E-state index is 10.6. The van der Waals surface area contributed by atoms with Crippen LogP contribution in [-0.4, -0.2) is 50.1 Å². The van der Waals surface area contributed by atoms with Crippen molar-refractivity contribution >= 4 is 32.0 Å². The molecule has 0 aliphatic carbocycles. The van der Waals surface area contributed by atoms with E-state index in [9.17, 15) is 9.69 Å². The van der Waals surface area contributed by atoms with Crippen molar-refractivity contribution in [3.63, 3.8) is 0 Å². The summed E-state index contributed by atoms with van der Waals surface area (Å²) in [4.78, 5) is 32.7. The van der Waals surface area contributed by atoms with E-state index in [2.05, 4.69) is 20.3 Å². The van der Waals surface area contributed by atoms with Gasteiger partial charge in [-0.3, -0.25) is 9.36 Å². The third-order valence-electron chi connectivity index (χ3n) is 3.74. The van der Waals surface area contributed by atoms with Crippen LogP contribution in [0, 0.1) is 11.3 Å². The number of carbonyl (C=O) groups excluding carboxylic acids is 1. The molecule has 26 heavy (non-hydrogen) atoms. The molecule has 3 heterocycles. The topological polar surface area (TPSA) is 144 Å². The van der Waals surface area contributed by atoms with Gasteiger partial charge in [-0.2, -0.15) is 5.26 Å². The number of ether oxygens (including phenoxy) is 1.